The summed E-state index contributed by atoms with van der Waals surface area (Å²) in [5.41, 5.74) is 2.15. The summed E-state index contributed by atoms with van der Waals surface area (Å²) < 4.78 is 0. The Morgan fingerprint density at radius 1 is 1.54 bits per heavy atom. The van der Waals surface area contributed by atoms with Gasteiger partial charge in [0.1, 0.15) is 0 Å². The first-order valence-electron chi connectivity index (χ1n) is 4.29. The lowest BCUT2D eigenvalue weighted by Crippen LogP contribution is -2.12. The van der Waals surface area contributed by atoms with Crippen molar-refractivity contribution >= 4 is 17.3 Å². The zero-order chi connectivity index (χ0) is 9.84. The maximum absolute atomic E-state index is 6.03. The van der Waals surface area contributed by atoms with Gasteiger partial charge in [-0.15, -0.1) is 6.58 Å². The van der Waals surface area contributed by atoms with Gasteiger partial charge in [0.05, 0.1) is 10.7 Å². The van der Waals surface area contributed by atoms with E-state index in [0.29, 0.717) is 0 Å². The van der Waals surface area contributed by atoms with Gasteiger partial charge in [-0.3, -0.25) is 0 Å². The van der Waals surface area contributed by atoms with Crippen LogP contribution in [0.4, 0.5) is 5.69 Å². The van der Waals surface area contributed by atoms with Gasteiger partial charge in [-0.2, -0.15) is 0 Å². The van der Waals surface area contributed by atoms with Crippen molar-refractivity contribution in [2.75, 3.05) is 5.32 Å². The minimum absolute atomic E-state index is 0.235. The molecular weight excluding hydrogens is 182 g/mol. The van der Waals surface area contributed by atoms with E-state index in [1.54, 1.807) is 0 Å². The number of nitrogens with one attached hydrogen (secondary N) is 1. The molecule has 0 fully saturated rings. The number of rotatable bonds is 3. The maximum atomic E-state index is 6.03. The average molecular weight is 196 g/mol. The van der Waals surface area contributed by atoms with Crippen LogP contribution in [-0.4, -0.2) is 6.04 Å². The predicted octanol–water partition coefficient (Wildman–Crippen LogP) is 3.63. The quantitative estimate of drug-likeness (QED) is 0.727. The van der Waals surface area contributed by atoms with E-state index in [0.717, 1.165) is 16.3 Å². The smallest absolute Gasteiger partial charge is 0.0640 e. The Bertz CT molecular complexity index is 287. The lowest BCUT2D eigenvalue weighted by Gasteiger charge is -2.14. The van der Waals surface area contributed by atoms with E-state index in [2.05, 4.69) is 11.9 Å². The summed E-state index contributed by atoms with van der Waals surface area (Å²) in [5, 5.41) is 4.04. The third-order valence-electron chi connectivity index (χ3n) is 1.95. The fraction of sp³-hybridized carbons (Fsp3) is 0.273. The summed E-state index contributed by atoms with van der Waals surface area (Å²) in [6.07, 6.45) is 1.85. The fourth-order valence-corrected chi connectivity index (χ4v) is 1.38. The Morgan fingerprint density at radius 2 is 2.23 bits per heavy atom. The summed E-state index contributed by atoms with van der Waals surface area (Å²) in [7, 11) is 0. The molecule has 0 aliphatic carbocycles. The van der Waals surface area contributed by atoms with Gasteiger partial charge in [-0.05, 0) is 25.5 Å². The largest absolute Gasteiger partial charge is 0.378 e. The number of hydrogen-bond donors (Lipinski definition) is 1. The van der Waals surface area contributed by atoms with E-state index in [1.165, 1.54) is 0 Å². The molecule has 1 aromatic carbocycles. The van der Waals surface area contributed by atoms with Gasteiger partial charge in [0.25, 0.3) is 0 Å². The van der Waals surface area contributed by atoms with E-state index >= 15 is 0 Å². The SMILES string of the molecule is C=CC(C)Nc1c(C)cccc1Cl. The van der Waals surface area contributed by atoms with Crippen molar-refractivity contribution in [1.29, 1.82) is 0 Å². The summed E-state index contributed by atoms with van der Waals surface area (Å²) in [6.45, 7) is 7.78. The summed E-state index contributed by atoms with van der Waals surface area (Å²) in [5.74, 6) is 0. The highest BCUT2D eigenvalue weighted by Gasteiger charge is 2.04. The van der Waals surface area contributed by atoms with Crippen molar-refractivity contribution < 1.29 is 0 Å². The van der Waals surface area contributed by atoms with Crippen molar-refractivity contribution in [1.82, 2.24) is 0 Å². The van der Waals surface area contributed by atoms with Gasteiger partial charge in [0.15, 0.2) is 0 Å². The van der Waals surface area contributed by atoms with Crippen molar-refractivity contribution in [3.8, 4) is 0 Å². The number of aryl methyl sites for hydroxylation is 1. The van der Waals surface area contributed by atoms with Crippen molar-refractivity contribution in [2.24, 2.45) is 0 Å². The summed E-state index contributed by atoms with van der Waals surface area (Å²) >= 11 is 6.03. The number of anilines is 1. The van der Waals surface area contributed by atoms with E-state index in [-0.39, 0.29) is 6.04 Å². The first kappa shape index (κ1) is 10.1. The van der Waals surface area contributed by atoms with Crippen molar-refractivity contribution in [2.45, 2.75) is 19.9 Å². The molecule has 1 rings (SSSR count). The minimum Gasteiger partial charge on any atom is -0.378 e. The van der Waals surface area contributed by atoms with Gasteiger partial charge in [0.2, 0.25) is 0 Å². The molecule has 0 bridgehead atoms. The molecule has 0 aliphatic rings. The fourth-order valence-electron chi connectivity index (χ4n) is 1.10. The lowest BCUT2D eigenvalue weighted by molar-refractivity contribution is 0.998. The normalized spacial score (nSPS) is 12.2. The third kappa shape index (κ3) is 2.49. The molecule has 1 atom stereocenters. The van der Waals surface area contributed by atoms with E-state index < -0.39 is 0 Å². The number of benzene rings is 1. The molecule has 2 heteroatoms. The molecule has 70 valence electrons. The molecule has 1 unspecified atom stereocenters. The zero-order valence-corrected chi connectivity index (χ0v) is 8.73. The van der Waals surface area contributed by atoms with Crippen LogP contribution >= 0.6 is 11.6 Å². The van der Waals surface area contributed by atoms with Crippen LogP contribution in [-0.2, 0) is 0 Å². The van der Waals surface area contributed by atoms with E-state index in [9.17, 15) is 0 Å². The topological polar surface area (TPSA) is 12.0 Å². The molecule has 0 heterocycles. The number of para-hydroxylation sites is 1. The van der Waals surface area contributed by atoms with Crippen LogP contribution in [0.25, 0.3) is 0 Å². The summed E-state index contributed by atoms with van der Waals surface area (Å²) in [6, 6.07) is 6.09. The van der Waals surface area contributed by atoms with Gasteiger partial charge >= 0.3 is 0 Å². The molecule has 0 spiro atoms. The molecule has 0 aliphatic heterocycles. The molecule has 0 amide bonds. The zero-order valence-electron chi connectivity index (χ0n) is 7.97. The summed E-state index contributed by atoms with van der Waals surface area (Å²) in [4.78, 5) is 0. The monoisotopic (exact) mass is 195 g/mol. The standard InChI is InChI=1S/C11H14ClN/c1-4-9(3)13-11-8(2)6-5-7-10(11)12/h4-7,9,13H,1H2,2-3H3. The predicted molar refractivity (Wildman–Crippen MR) is 59.5 cm³/mol. The van der Waals surface area contributed by atoms with Gasteiger partial charge in [-0.25, -0.2) is 0 Å². The van der Waals surface area contributed by atoms with Gasteiger partial charge < -0.3 is 5.32 Å². The lowest BCUT2D eigenvalue weighted by atomic mass is 10.2. The highest BCUT2D eigenvalue weighted by molar-refractivity contribution is 6.33. The Morgan fingerprint density at radius 3 is 2.77 bits per heavy atom. The first-order valence-corrected chi connectivity index (χ1v) is 4.67. The highest BCUT2D eigenvalue weighted by atomic mass is 35.5. The Hall–Kier alpha value is -0.950. The van der Waals surface area contributed by atoms with Crippen LogP contribution in [0.1, 0.15) is 12.5 Å². The third-order valence-corrected chi connectivity index (χ3v) is 2.26. The molecular formula is C11H14ClN. The van der Waals surface area contributed by atoms with Crippen LogP contribution in [0.2, 0.25) is 5.02 Å². The number of hydrogen-bond acceptors (Lipinski definition) is 1. The second kappa shape index (κ2) is 4.33. The van der Waals surface area contributed by atoms with Crippen LogP contribution in [0.3, 0.4) is 0 Å². The van der Waals surface area contributed by atoms with E-state index in [1.807, 2.05) is 38.1 Å². The molecule has 0 saturated heterocycles. The molecule has 0 radical (unpaired) electrons. The average Bonchev–Trinajstić information content (AvgIpc) is 2.11. The first-order chi connectivity index (χ1) is 6.15. The molecule has 0 saturated carbocycles. The van der Waals surface area contributed by atoms with Crippen LogP contribution in [0, 0.1) is 6.92 Å². The molecule has 1 aromatic rings. The molecule has 1 nitrogen and oxygen atoms in total. The Balaban J connectivity index is 2.93. The Kier molecular flexibility index (Phi) is 3.38. The number of halogens is 1. The Labute approximate surface area is 84.4 Å². The van der Waals surface area contributed by atoms with Gasteiger partial charge in [0, 0.05) is 6.04 Å². The minimum atomic E-state index is 0.235. The maximum Gasteiger partial charge on any atom is 0.0640 e. The van der Waals surface area contributed by atoms with Crippen LogP contribution in [0.15, 0.2) is 30.9 Å². The van der Waals surface area contributed by atoms with Crippen LogP contribution < -0.4 is 5.32 Å². The van der Waals surface area contributed by atoms with Crippen LogP contribution in [0.5, 0.6) is 0 Å². The molecule has 0 aromatic heterocycles. The second-order valence-electron chi connectivity index (χ2n) is 3.10. The van der Waals surface area contributed by atoms with Gasteiger partial charge in [-0.1, -0.05) is 29.8 Å². The van der Waals surface area contributed by atoms with Crippen molar-refractivity contribution in [3.63, 3.8) is 0 Å². The molecule has 1 N–H and O–H groups in total. The molecule has 13 heavy (non-hydrogen) atoms. The second-order valence-corrected chi connectivity index (χ2v) is 3.51. The van der Waals surface area contributed by atoms with E-state index in [4.69, 9.17) is 11.6 Å². The highest BCUT2D eigenvalue weighted by Crippen LogP contribution is 2.25. The van der Waals surface area contributed by atoms with Crippen molar-refractivity contribution in [3.05, 3.63) is 41.4 Å².